The molecule has 1 rings (SSSR count). The van der Waals surface area contributed by atoms with E-state index in [-0.39, 0.29) is 30.4 Å². The van der Waals surface area contributed by atoms with E-state index in [9.17, 15) is 14.9 Å². The first-order valence-corrected chi connectivity index (χ1v) is 5.41. The zero-order chi connectivity index (χ0) is 12.8. The Morgan fingerprint density at radius 3 is 2.82 bits per heavy atom. The molecule has 0 fully saturated rings. The minimum Gasteiger partial charge on any atom is -0.396 e. The van der Waals surface area contributed by atoms with Crippen LogP contribution in [0.2, 0.25) is 0 Å². The summed E-state index contributed by atoms with van der Waals surface area (Å²) in [7, 11) is 0. The Morgan fingerprint density at radius 1 is 1.53 bits per heavy atom. The van der Waals surface area contributed by atoms with Crippen molar-refractivity contribution in [2.75, 3.05) is 6.61 Å². The molecule has 0 spiro atoms. The van der Waals surface area contributed by atoms with Crippen molar-refractivity contribution < 1.29 is 14.8 Å². The van der Waals surface area contributed by atoms with Crippen LogP contribution in [-0.2, 0) is 11.2 Å². The van der Waals surface area contributed by atoms with E-state index >= 15 is 0 Å². The Balaban J connectivity index is 2.71. The molecule has 1 aromatic carbocycles. The molecule has 0 saturated heterocycles. The molecule has 0 bridgehead atoms. The van der Waals surface area contributed by atoms with Gasteiger partial charge in [-0.25, -0.2) is 0 Å². The van der Waals surface area contributed by atoms with Crippen LogP contribution in [0.5, 0.6) is 0 Å². The number of aliphatic hydroxyl groups is 1. The molecule has 1 atom stereocenters. The molecule has 0 heterocycles. The molecule has 92 valence electrons. The van der Waals surface area contributed by atoms with Gasteiger partial charge < -0.3 is 5.11 Å². The number of nitro groups is 1. The molecule has 1 unspecified atom stereocenters. The highest BCUT2D eigenvalue weighted by Crippen LogP contribution is 2.17. The summed E-state index contributed by atoms with van der Waals surface area (Å²) < 4.78 is 0. The minimum absolute atomic E-state index is 0.0287. The van der Waals surface area contributed by atoms with E-state index in [2.05, 4.69) is 0 Å². The zero-order valence-corrected chi connectivity index (χ0v) is 9.63. The Kier molecular flexibility index (Phi) is 4.78. The lowest BCUT2D eigenvalue weighted by atomic mass is 9.95. The molecule has 5 nitrogen and oxygen atoms in total. The SMILES string of the molecule is CC(Cc1cccc([N+](=O)[O-])c1)C(=O)CCO. The third kappa shape index (κ3) is 3.96. The average molecular weight is 237 g/mol. The Hall–Kier alpha value is -1.75. The first-order valence-electron chi connectivity index (χ1n) is 5.41. The molecule has 0 radical (unpaired) electrons. The third-order valence-electron chi connectivity index (χ3n) is 2.57. The molecule has 0 amide bonds. The van der Waals surface area contributed by atoms with Crippen molar-refractivity contribution in [1.29, 1.82) is 0 Å². The molecular formula is C12H15NO4. The highest BCUT2D eigenvalue weighted by Gasteiger charge is 2.14. The molecule has 17 heavy (non-hydrogen) atoms. The van der Waals surface area contributed by atoms with Crippen molar-refractivity contribution in [1.82, 2.24) is 0 Å². The van der Waals surface area contributed by atoms with Crippen LogP contribution in [0.4, 0.5) is 5.69 Å². The lowest BCUT2D eigenvalue weighted by molar-refractivity contribution is -0.384. The van der Waals surface area contributed by atoms with Gasteiger partial charge in [-0.1, -0.05) is 19.1 Å². The molecule has 1 N–H and O–H groups in total. The van der Waals surface area contributed by atoms with Gasteiger partial charge in [-0.15, -0.1) is 0 Å². The Morgan fingerprint density at radius 2 is 2.24 bits per heavy atom. The maximum Gasteiger partial charge on any atom is 0.269 e. The highest BCUT2D eigenvalue weighted by molar-refractivity contribution is 5.81. The summed E-state index contributed by atoms with van der Waals surface area (Å²) in [5.41, 5.74) is 0.794. The quantitative estimate of drug-likeness (QED) is 0.603. The van der Waals surface area contributed by atoms with E-state index in [4.69, 9.17) is 5.11 Å². The third-order valence-corrected chi connectivity index (χ3v) is 2.57. The van der Waals surface area contributed by atoms with Gasteiger partial charge in [0.05, 0.1) is 4.92 Å². The monoisotopic (exact) mass is 237 g/mol. The molecule has 0 aliphatic rings. The first-order chi connectivity index (χ1) is 8.04. The van der Waals surface area contributed by atoms with Crippen molar-refractivity contribution in [3.63, 3.8) is 0 Å². The fraction of sp³-hybridized carbons (Fsp3) is 0.417. The van der Waals surface area contributed by atoms with Crippen molar-refractivity contribution in [3.05, 3.63) is 39.9 Å². The molecule has 0 saturated carbocycles. The number of hydrogen-bond donors (Lipinski definition) is 1. The summed E-state index contributed by atoms with van der Waals surface area (Å²) >= 11 is 0. The van der Waals surface area contributed by atoms with Crippen LogP contribution in [0.1, 0.15) is 18.9 Å². The normalized spacial score (nSPS) is 12.1. The van der Waals surface area contributed by atoms with Crippen LogP contribution < -0.4 is 0 Å². The van der Waals surface area contributed by atoms with Gasteiger partial charge in [0.15, 0.2) is 0 Å². The predicted octanol–water partition coefficient (Wildman–Crippen LogP) is 1.72. The van der Waals surface area contributed by atoms with Crippen molar-refractivity contribution >= 4 is 11.5 Å². The second-order valence-electron chi connectivity index (χ2n) is 3.97. The van der Waals surface area contributed by atoms with Crippen molar-refractivity contribution in [3.8, 4) is 0 Å². The summed E-state index contributed by atoms with van der Waals surface area (Å²) in [4.78, 5) is 21.6. The summed E-state index contributed by atoms with van der Waals surface area (Å²) in [5.74, 6) is -0.261. The van der Waals surface area contributed by atoms with E-state index in [1.807, 2.05) is 0 Å². The molecule has 0 aliphatic carbocycles. The molecule has 0 aliphatic heterocycles. The highest BCUT2D eigenvalue weighted by atomic mass is 16.6. The van der Waals surface area contributed by atoms with Gasteiger partial charge in [-0.2, -0.15) is 0 Å². The van der Waals surface area contributed by atoms with Gasteiger partial charge in [-0.05, 0) is 12.0 Å². The number of non-ortho nitro benzene ring substituents is 1. The van der Waals surface area contributed by atoms with Crippen LogP contribution in [0.15, 0.2) is 24.3 Å². The van der Waals surface area contributed by atoms with E-state index in [1.54, 1.807) is 19.1 Å². The summed E-state index contributed by atoms with van der Waals surface area (Å²) in [6.45, 7) is 1.61. The Bertz CT molecular complexity index is 417. The molecule has 0 aromatic heterocycles. The number of nitro benzene ring substituents is 1. The summed E-state index contributed by atoms with van der Waals surface area (Å²) in [6, 6.07) is 6.26. The van der Waals surface area contributed by atoms with Crippen molar-refractivity contribution in [2.24, 2.45) is 5.92 Å². The number of nitrogens with zero attached hydrogens (tertiary/aromatic N) is 1. The maximum absolute atomic E-state index is 11.5. The number of benzene rings is 1. The number of hydrogen-bond acceptors (Lipinski definition) is 4. The van der Waals surface area contributed by atoms with Gasteiger partial charge in [0.25, 0.3) is 5.69 Å². The molecule has 5 heteroatoms. The van der Waals surface area contributed by atoms with Gasteiger partial charge in [0.2, 0.25) is 0 Å². The van der Waals surface area contributed by atoms with Crippen LogP contribution in [0.25, 0.3) is 0 Å². The number of carbonyl (C=O) groups excluding carboxylic acids is 1. The van der Waals surface area contributed by atoms with E-state index in [0.717, 1.165) is 5.56 Å². The number of carbonyl (C=O) groups is 1. The van der Waals surface area contributed by atoms with E-state index in [0.29, 0.717) is 6.42 Å². The fourth-order valence-electron chi connectivity index (χ4n) is 1.62. The smallest absolute Gasteiger partial charge is 0.269 e. The zero-order valence-electron chi connectivity index (χ0n) is 9.63. The number of rotatable bonds is 6. The minimum atomic E-state index is -0.455. The fourth-order valence-corrected chi connectivity index (χ4v) is 1.62. The number of Topliss-reactive ketones (excluding diaryl/α,β-unsaturated/α-hetero) is 1. The number of aliphatic hydroxyl groups excluding tert-OH is 1. The van der Waals surface area contributed by atoms with Crippen LogP contribution in [0.3, 0.4) is 0 Å². The maximum atomic E-state index is 11.5. The summed E-state index contributed by atoms with van der Waals surface area (Å²) in [6.07, 6.45) is 0.594. The molecule has 1 aromatic rings. The lowest BCUT2D eigenvalue weighted by Crippen LogP contribution is -2.14. The van der Waals surface area contributed by atoms with Crippen LogP contribution in [-0.4, -0.2) is 22.4 Å². The van der Waals surface area contributed by atoms with Gasteiger partial charge in [0, 0.05) is 31.1 Å². The van der Waals surface area contributed by atoms with Crippen LogP contribution >= 0.6 is 0 Å². The average Bonchev–Trinajstić information content (AvgIpc) is 2.29. The van der Waals surface area contributed by atoms with E-state index < -0.39 is 4.92 Å². The van der Waals surface area contributed by atoms with Crippen molar-refractivity contribution in [2.45, 2.75) is 19.8 Å². The van der Waals surface area contributed by atoms with E-state index in [1.165, 1.54) is 12.1 Å². The second kappa shape index (κ2) is 6.10. The molecular weight excluding hydrogens is 222 g/mol. The van der Waals surface area contributed by atoms with Gasteiger partial charge >= 0.3 is 0 Å². The predicted molar refractivity (Wildman–Crippen MR) is 62.7 cm³/mol. The standard InChI is InChI=1S/C12H15NO4/c1-9(12(15)5-6-14)7-10-3-2-4-11(8-10)13(16)17/h2-4,8-9,14H,5-7H2,1H3. The Labute approximate surface area is 99.2 Å². The second-order valence-corrected chi connectivity index (χ2v) is 3.97. The van der Waals surface area contributed by atoms with Crippen LogP contribution in [0, 0.1) is 16.0 Å². The van der Waals surface area contributed by atoms with Gasteiger partial charge in [-0.3, -0.25) is 14.9 Å². The number of ketones is 1. The topological polar surface area (TPSA) is 80.4 Å². The summed E-state index contributed by atoms with van der Waals surface area (Å²) in [5, 5.41) is 19.2. The largest absolute Gasteiger partial charge is 0.396 e. The van der Waals surface area contributed by atoms with Gasteiger partial charge in [0.1, 0.15) is 5.78 Å². The first kappa shape index (κ1) is 13.3. The lowest BCUT2D eigenvalue weighted by Gasteiger charge is -2.09.